The summed E-state index contributed by atoms with van der Waals surface area (Å²) in [7, 11) is 0. The molecule has 0 spiro atoms. The van der Waals surface area contributed by atoms with Crippen LogP contribution in [0.4, 0.5) is 10.6 Å². The van der Waals surface area contributed by atoms with Crippen LogP contribution < -0.4 is 5.32 Å². The molecule has 2 aromatic rings. The Morgan fingerprint density at radius 3 is 2.32 bits per heavy atom. The van der Waals surface area contributed by atoms with Crippen LogP contribution in [0.5, 0.6) is 0 Å². The normalized spacial score (nSPS) is 16.5. The minimum absolute atomic E-state index is 0.0863. The highest BCUT2D eigenvalue weighted by Crippen LogP contribution is 2.29. The van der Waals surface area contributed by atoms with Gasteiger partial charge >= 0.3 is 6.03 Å². The van der Waals surface area contributed by atoms with Crippen LogP contribution in [0.2, 0.25) is 0 Å². The van der Waals surface area contributed by atoms with Crippen LogP contribution in [0.3, 0.4) is 0 Å². The van der Waals surface area contributed by atoms with Crippen molar-refractivity contribution in [2.24, 2.45) is 0 Å². The molecular weight excluding hydrogens is 356 g/mol. The summed E-state index contributed by atoms with van der Waals surface area (Å²) in [6, 6.07) is 1.89. The van der Waals surface area contributed by atoms with E-state index in [4.69, 9.17) is 9.62 Å². The predicted octanol–water partition coefficient (Wildman–Crippen LogP) is 4.04. The Hall–Kier alpha value is -2.38. The molecule has 1 fully saturated rings. The highest BCUT2D eigenvalue weighted by molar-refractivity contribution is 5.88. The number of urea groups is 1. The third-order valence-corrected chi connectivity index (χ3v) is 5.04. The van der Waals surface area contributed by atoms with E-state index < -0.39 is 0 Å². The first-order chi connectivity index (χ1) is 12.9. The zero-order chi connectivity index (χ0) is 20.7. The number of aromatic nitrogens is 4. The van der Waals surface area contributed by atoms with Gasteiger partial charge in [0, 0.05) is 37.4 Å². The molecule has 8 nitrogen and oxygen atoms in total. The van der Waals surface area contributed by atoms with Crippen molar-refractivity contribution in [1.29, 1.82) is 0 Å². The molecule has 3 rings (SSSR count). The van der Waals surface area contributed by atoms with Crippen LogP contribution in [0.1, 0.15) is 77.7 Å². The predicted molar refractivity (Wildman–Crippen MR) is 108 cm³/mol. The zero-order valence-electron chi connectivity index (χ0n) is 18.0. The Bertz CT molecular complexity index is 832. The molecule has 1 aliphatic rings. The fourth-order valence-corrected chi connectivity index (χ4v) is 3.36. The van der Waals surface area contributed by atoms with Gasteiger partial charge in [0.2, 0.25) is 5.89 Å². The van der Waals surface area contributed by atoms with Crippen LogP contribution >= 0.6 is 0 Å². The maximum atomic E-state index is 12.9. The Morgan fingerprint density at radius 1 is 1.18 bits per heavy atom. The number of anilines is 1. The summed E-state index contributed by atoms with van der Waals surface area (Å²) in [6.07, 6.45) is 1.66. The number of hydrogen-bond donors (Lipinski definition) is 1. The van der Waals surface area contributed by atoms with Crippen LogP contribution in [0.15, 0.2) is 10.6 Å². The van der Waals surface area contributed by atoms with Gasteiger partial charge in [-0.1, -0.05) is 25.9 Å². The second-order valence-corrected chi connectivity index (χ2v) is 9.61. The minimum Gasteiger partial charge on any atom is -0.340 e. The molecule has 3 heterocycles. The molecular formula is C20H32N6O2. The van der Waals surface area contributed by atoms with Crippen molar-refractivity contribution < 1.29 is 9.32 Å². The van der Waals surface area contributed by atoms with E-state index in [0.29, 0.717) is 19.0 Å². The van der Waals surface area contributed by atoms with E-state index in [9.17, 15) is 4.79 Å². The van der Waals surface area contributed by atoms with Gasteiger partial charge in [-0.15, -0.1) is 0 Å². The molecule has 2 aromatic heterocycles. The van der Waals surface area contributed by atoms with Crippen molar-refractivity contribution in [2.75, 3.05) is 18.4 Å². The molecule has 0 aromatic carbocycles. The Labute approximate surface area is 166 Å². The number of amides is 2. The Morgan fingerprint density at radius 2 is 1.82 bits per heavy atom. The molecule has 28 heavy (non-hydrogen) atoms. The maximum absolute atomic E-state index is 12.9. The second kappa shape index (κ2) is 7.22. The lowest BCUT2D eigenvalue weighted by molar-refractivity contribution is 0.192. The van der Waals surface area contributed by atoms with E-state index in [1.165, 1.54) is 0 Å². The van der Waals surface area contributed by atoms with Crippen molar-refractivity contribution in [1.82, 2.24) is 24.8 Å². The van der Waals surface area contributed by atoms with Crippen molar-refractivity contribution in [3.05, 3.63) is 23.5 Å². The topological polar surface area (TPSA) is 89.1 Å². The summed E-state index contributed by atoms with van der Waals surface area (Å²) in [5, 5.41) is 11.9. The number of carbonyl (C=O) groups excluding carboxylic acids is 1. The summed E-state index contributed by atoms with van der Waals surface area (Å²) in [4.78, 5) is 19.1. The molecule has 154 valence electrons. The molecule has 0 aliphatic carbocycles. The Kier molecular flexibility index (Phi) is 5.25. The van der Waals surface area contributed by atoms with E-state index in [1.807, 2.05) is 15.6 Å². The van der Waals surface area contributed by atoms with E-state index >= 15 is 0 Å². The molecule has 2 amide bonds. The molecule has 1 saturated heterocycles. The van der Waals surface area contributed by atoms with Gasteiger partial charge in [0.15, 0.2) is 5.82 Å². The molecule has 0 unspecified atom stereocenters. The van der Waals surface area contributed by atoms with Gasteiger partial charge in [-0.25, -0.2) is 9.48 Å². The standard InChI is InChI=1S/C20H32N6O2/c1-13-21-17(24-28-13)14-8-10-25(11-9-14)18(27)22-16-12-15(19(2,3)4)23-26(16)20(5,6)7/h12,14H,8-11H2,1-7H3,(H,22,27). The quantitative estimate of drug-likeness (QED) is 0.839. The number of likely N-dealkylation sites (tertiary alicyclic amines) is 1. The summed E-state index contributed by atoms with van der Waals surface area (Å²) >= 11 is 0. The average Bonchev–Trinajstić information content (AvgIpc) is 3.21. The third kappa shape index (κ3) is 4.36. The molecule has 1 aliphatic heterocycles. The van der Waals surface area contributed by atoms with Crippen LogP contribution in [-0.2, 0) is 11.0 Å². The lowest BCUT2D eigenvalue weighted by Crippen LogP contribution is -2.41. The number of nitrogens with one attached hydrogen (secondary N) is 1. The van der Waals surface area contributed by atoms with E-state index in [1.54, 1.807) is 6.92 Å². The fraction of sp³-hybridized carbons (Fsp3) is 0.700. The highest BCUT2D eigenvalue weighted by atomic mass is 16.5. The summed E-state index contributed by atoms with van der Waals surface area (Å²) in [5.41, 5.74) is 0.649. The van der Waals surface area contributed by atoms with Gasteiger partial charge in [-0.05, 0) is 33.6 Å². The number of hydrogen-bond acceptors (Lipinski definition) is 5. The maximum Gasteiger partial charge on any atom is 0.323 e. The van der Waals surface area contributed by atoms with Crippen molar-refractivity contribution >= 4 is 11.8 Å². The smallest absolute Gasteiger partial charge is 0.323 e. The zero-order valence-corrected chi connectivity index (χ0v) is 18.0. The van der Waals surface area contributed by atoms with Crippen LogP contribution in [0, 0.1) is 6.92 Å². The lowest BCUT2D eigenvalue weighted by atomic mass is 9.92. The number of aryl methyl sites for hydroxylation is 1. The minimum atomic E-state index is -0.227. The summed E-state index contributed by atoms with van der Waals surface area (Å²) in [5.74, 6) is 2.31. The SMILES string of the molecule is Cc1nc(C2CCN(C(=O)Nc3cc(C(C)(C)C)nn3C(C)(C)C)CC2)no1. The largest absolute Gasteiger partial charge is 0.340 e. The van der Waals surface area contributed by atoms with Gasteiger partial charge in [0.1, 0.15) is 5.82 Å². The first-order valence-corrected chi connectivity index (χ1v) is 9.92. The molecule has 0 bridgehead atoms. The molecule has 8 heteroatoms. The van der Waals surface area contributed by atoms with Crippen LogP contribution in [0.25, 0.3) is 0 Å². The van der Waals surface area contributed by atoms with Crippen molar-refractivity contribution in [3.63, 3.8) is 0 Å². The monoisotopic (exact) mass is 388 g/mol. The fourth-order valence-electron chi connectivity index (χ4n) is 3.36. The number of carbonyl (C=O) groups is 1. The number of nitrogens with zero attached hydrogens (tertiary/aromatic N) is 5. The van der Waals surface area contributed by atoms with Crippen molar-refractivity contribution in [2.45, 2.75) is 78.2 Å². The van der Waals surface area contributed by atoms with Gasteiger partial charge in [-0.3, -0.25) is 5.32 Å². The van der Waals surface area contributed by atoms with E-state index in [0.717, 1.165) is 30.2 Å². The number of rotatable bonds is 2. The molecule has 0 atom stereocenters. The first kappa shape index (κ1) is 20.4. The number of piperidine rings is 1. The highest BCUT2D eigenvalue weighted by Gasteiger charge is 2.29. The Balaban J connectivity index is 1.69. The van der Waals surface area contributed by atoms with Gasteiger partial charge in [-0.2, -0.15) is 10.1 Å². The van der Waals surface area contributed by atoms with Gasteiger partial charge in [0.05, 0.1) is 11.2 Å². The van der Waals surface area contributed by atoms with Crippen LogP contribution in [-0.4, -0.2) is 43.9 Å². The van der Waals surface area contributed by atoms with Crippen molar-refractivity contribution in [3.8, 4) is 0 Å². The van der Waals surface area contributed by atoms with Gasteiger partial charge < -0.3 is 9.42 Å². The lowest BCUT2D eigenvalue weighted by Gasteiger charge is -2.31. The molecule has 1 N–H and O–H groups in total. The third-order valence-electron chi connectivity index (χ3n) is 5.04. The summed E-state index contributed by atoms with van der Waals surface area (Å²) in [6.45, 7) is 15.7. The summed E-state index contributed by atoms with van der Waals surface area (Å²) < 4.78 is 6.99. The van der Waals surface area contributed by atoms with E-state index in [2.05, 4.69) is 57.0 Å². The van der Waals surface area contributed by atoms with E-state index in [-0.39, 0.29) is 22.9 Å². The van der Waals surface area contributed by atoms with Gasteiger partial charge in [0.25, 0.3) is 0 Å². The molecule has 0 radical (unpaired) electrons. The average molecular weight is 389 g/mol. The molecule has 0 saturated carbocycles. The second-order valence-electron chi connectivity index (χ2n) is 9.61. The first-order valence-electron chi connectivity index (χ1n) is 9.92.